The van der Waals surface area contributed by atoms with Crippen molar-refractivity contribution in [3.05, 3.63) is 30.5 Å². The molecule has 1 heterocycles. The van der Waals surface area contributed by atoms with E-state index in [0.29, 0.717) is 5.92 Å². The van der Waals surface area contributed by atoms with Gasteiger partial charge in [-0.1, -0.05) is 19.9 Å². The molecule has 0 spiro atoms. The Morgan fingerprint density at radius 3 is 2.26 bits per heavy atom. The molecular formula is C15H20N2O2. The lowest BCUT2D eigenvalue weighted by atomic mass is 10.1. The van der Waals surface area contributed by atoms with Crippen LogP contribution in [0.1, 0.15) is 13.8 Å². The van der Waals surface area contributed by atoms with Crippen molar-refractivity contribution < 1.29 is 9.47 Å². The second kappa shape index (κ2) is 5.78. The maximum atomic E-state index is 5.45. The molecule has 0 saturated carbocycles. The molecule has 0 aliphatic carbocycles. The van der Waals surface area contributed by atoms with E-state index in [1.54, 1.807) is 14.2 Å². The molecule has 102 valence electrons. The molecule has 0 fully saturated rings. The predicted molar refractivity (Wildman–Crippen MR) is 75.6 cm³/mol. The largest absolute Gasteiger partial charge is 0.496 e. The summed E-state index contributed by atoms with van der Waals surface area (Å²) in [6.07, 6.45) is 1.81. The minimum absolute atomic E-state index is 0.527. The molecule has 0 aliphatic heterocycles. The highest BCUT2D eigenvalue weighted by atomic mass is 16.5. The first-order chi connectivity index (χ1) is 9.17. The summed E-state index contributed by atoms with van der Waals surface area (Å²) in [4.78, 5) is 0. The molecule has 4 heteroatoms. The smallest absolute Gasteiger partial charge is 0.131 e. The van der Waals surface area contributed by atoms with Crippen LogP contribution in [-0.2, 0) is 6.54 Å². The highest BCUT2D eigenvalue weighted by Gasteiger charge is 2.16. The predicted octanol–water partition coefficient (Wildman–Crippen LogP) is 3.22. The normalized spacial score (nSPS) is 10.8. The van der Waals surface area contributed by atoms with Gasteiger partial charge < -0.3 is 9.47 Å². The minimum atomic E-state index is 0.527. The summed E-state index contributed by atoms with van der Waals surface area (Å²) in [5.41, 5.74) is 1.97. The van der Waals surface area contributed by atoms with Crippen molar-refractivity contribution in [1.82, 2.24) is 9.78 Å². The average Bonchev–Trinajstić information content (AvgIpc) is 2.84. The van der Waals surface area contributed by atoms with E-state index >= 15 is 0 Å². The number of hydrogen-bond donors (Lipinski definition) is 0. The van der Waals surface area contributed by atoms with Gasteiger partial charge in [0.1, 0.15) is 11.5 Å². The van der Waals surface area contributed by atoms with Crippen LogP contribution in [0.5, 0.6) is 11.5 Å². The number of rotatable bonds is 5. The third kappa shape index (κ3) is 2.72. The average molecular weight is 260 g/mol. The van der Waals surface area contributed by atoms with E-state index in [4.69, 9.17) is 9.47 Å². The molecule has 0 saturated heterocycles. The molecule has 2 rings (SSSR count). The van der Waals surface area contributed by atoms with Gasteiger partial charge in [-0.15, -0.1) is 0 Å². The highest BCUT2D eigenvalue weighted by molar-refractivity contribution is 5.74. The van der Waals surface area contributed by atoms with Gasteiger partial charge >= 0.3 is 0 Å². The summed E-state index contributed by atoms with van der Waals surface area (Å²) in [5, 5.41) is 4.39. The third-order valence-corrected chi connectivity index (χ3v) is 2.94. The molecule has 0 N–H and O–H groups in total. The molecule has 0 bridgehead atoms. The van der Waals surface area contributed by atoms with Gasteiger partial charge in [-0.3, -0.25) is 4.68 Å². The van der Waals surface area contributed by atoms with Gasteiger partial charge in [0, 0.05) is 12.7 Å². The van der Waals surface area contributed by atoms with Gasteiger partial charge in [-0.25, -0.2) is 0 Å². The fourth-order valence-electron chi connectivity index (χ4n) is 2.14. The second-order valence-corrected chi connectivity index (χ2v) is 4.83. The van der Waals surface area contributed by atoms with Crippen LogP contribution in [0.2, 0.25) is 0 Å². The summed E-state index contributed by atoms with van der Waals surface area (Å²) < 4.78 is 12.9. The van der Waals surface area contributed by atoms with Crippen molar-refractivity contribution in [2.45, 2.75) is 20.4 Å². The van der Waals surface area contributed by atoms with Gasteiger partial charge in [0.25, 0.3) is 0 Å². The van der Waals surface area contributed by atoms with Crippen LogP contribution in [0, 0.1) is 5.92 Å². The fourth-order valence-corrected chi connectivity index (χ4v) is 2.14. The monoisotopic (exact) mass is 260 g/mol. The van der Waals surface area contributed by atoms with Crippen molar-refractivity contribution in [3.8, 4) is 22.8 Å². The van der Waals surface area contributed by atoms with E-state index in [0.717, 1.165) is 29.3 Å². The quantitative estimate of drug-likeness (QED) is 0.828. The van der Waals surface area contributed by atoms with Crippen molar-refractivity contribution in [3.63, 3.8) is 0 Å². The molecular weight excluding hydrogens is 240 g/mol. The Morgan fingerprint density at radius 1 is 1.11 bits per heavy atom. The maximum Gasteiger partial charge on any atom is 0.131 e. The Balaban J connectivity index is 2.55. The van der Waals surface area contributed by atoms with Gasteiger partial charge in [-0.05, 0) is 24.1 Å². The van der Waals surface area contributed by atoms with Gasteiger partial charge in [0.15, 0.2) is 0 Å². The van der Waals surface area contributed by atoms with E-state index < -0.39 is 0 Å². The van der Waals surface area contributed by atoms with Crippen molar-refractivity contribution in [2.24, 2.45) is 5.92 Å². The Kier molecular flexibility index (Phi) is 4.10. The summed E-state index contributed by atoms with van der Waals surface area (Å²) in [6.45, 7) is 5.21. The fraction of sp³-hybridized carbons (Fsp3) is 0.400. The Morgan fingerprint density at radius 2 is 1.74 bits per heavy atom. The number of aromatic nitrogens is 2. The zero-order chi connectivity index (χ0) is 13.8. The third-order valence-electron chi connectivity index (χ3n) is 2.94. The lowest BCUT2D eigenvalue weighted by molar-refractivity contribution is 0.395. The number of benzene rings is 1. The first-order valence-corrected chi connectivity index (χ1v) is 6.40. The first-order valence-electron chi connectivity index (χ1n) is 6.40. The van der Waals surface area contributed by atoms with Gasteiger partial charge in [0.05, 0.1) is 25.5 Å². The molecule has 4 nitrogen and oxygen atoms in total. The molecule has 0 atom stereocenters. The molecule has 0 radical (unpaired) electrons. The molecule has 1 aromatic heterocycles. The van der Waals surface area contributed by atoms with Crippen LogP contribution < -0.4 is 9.47 Å². The lowest BCUT2D eigenvalue weighted by Crippen LogP contribution is -2.08. The summed E-state index contributed by atoms with van der Waals surface area (Å²) >= 11 is 0. The molecule has 19 heavy (non-hydrogen) atoms. The van der Waals surface area contributed by atoms with Crippen molar-refractivity contribution >= 4 is 0 Å². The molecule has 0 unspecified atom stereocenters. The number of ether oxygens (including phenoxy) is 2. The number of nitrogens with zero attached hydrogens (tertiary/aromatic N) is 2. The molecule has 1 aromatic carbocycles. The van der Waals surface area contributed by atoms with Gasteiger partial charge in [-0.2, -0.15) is 5.10 Å². The van der Waals surface area contributed by atoms with Crippen LogP contribution >= 0.6 is 0 Å². The van der Waals surface area contributed by atoms with Crippen LogP contribution in [0.25, 0.3) is 11.3 Å². The zero-order valence-corrected chi connectivity index (χ0v) is 11.9. The first kappa shape index (κ1) is 13.5. The minimum Gasteiger partial charge on any atom is -0.496 e. The Labute approximate surface area is 114 Å². The van der Waals surface area contributed by atoms with E-state index in [9.17, 15) is 0 Å². The van der Waals surface area contributed by atoms with Crippen LogP contribution in [0.4, 0.5) is 0 Å². The topological polar surface area (TPSA) is 36.3 Å². The second-order valence-electron chi connectivity index (χ2n) is 4.83. The van der Waals surface area contributed by atoms with E-state index in [2.05, 4.69) is 18.9 Å². The molecule has 0 amide bonds. The number of methoxy groups -OCH3 is 2. The van der Waals surface area contributed by atoms with Crippen molar-refractivity contribution in [2.75, 3.05) is 14.2 Å². The van der Waals surface area contributed by atoms with E-state index in [-0.39, 0.29) is 0 Å². The highest BCUT2D eigenvalue weighted by Crippen LogP contribution is 2.38. The van der Waals surface area contributed by atoms with Crippen molar-refractivity contribution in [1.29, 1.82) is 0 Å². The van der Waals surface area contributed by atoms with E-state index in [1.807, 2.05) is 35.1 Å². The maximum absolute atomic E-state index is 5.45. The summed E-state index contributed by atoms with van der Waals surface area (Å²) in [6, 6.07) is 7.78. The Bertz CT molecular complexity index is 525. The SMILES string of the molecule is COc1cccc(OC)c1-c1ccnn1CC(C)C. The van der Waals surface area contributed by atoms with Crippen LogP contribution in [-0.4, -0.2) is 24.0 Å². The summed E-state index contributed by atoms with van der Waals surface area (Å²) in [7, 11) is 3.34. The lowest BCUT2D eigenvalue weighted by Gasteiger charge is -2.15. The standard InChI is InChI=1S/C15H20N2O2/c1-11(2)10-17-12(8-9-16-17)15-13(18-3)6-5-7-14(15)19-4/h5-9,11H,10H2,1-4H3. The molecule has 0 aliphatic rings. The van der Waals surface area contributed by atoms with Crippen LogP contribution in [0.3, 0.4) is 0 Å². The van der Waals surface area contributed by atoms with Gasteiger partial charge in [0.2, 0.25) is 0 Å². The number of hydrogen-bond acceptors (Lipinski definition) is 3. The van der Waals surface area contributed by atoms with Crippen LogP contribution in [0.15, 0.2) is 30.5 Å². The summed E-state index contributed by atoms with van der Waals surface area (Å²) in [5.74, 6) is 2.12. The Hall–Kier alpha value is -1.97. The van der Waals surface area contributed by atoms with E-state index in [1.165, 1.54) is 0 Å². The zero-order valence-electron chi connectivity index (χ0n) is 11.9. The molecule has 2 aromatic rings.